The molecule has 0 saturated carbocycles. The number of aromatic nitrogens is 2. The van der Waals surface area contributed by atoms with E-state index in [4.69, 9.17) is 5.26 Å². The maximum absolute atomic E-state index is 9.12. The Morgan fingerprint density at radius 2 is 1.95 bits per heavy atom. The average molecular weight is 252 g/mol. The van der Waals surface area contributed by atoms with Crippen molar-refractivity contribution in [2.75, 3.05) is 18.5 Å². The highest BCUT2D eigenvalue weighted by Crippen LogP contribution is 2.16. The summed E-state index contributed by atoms with van der Waals surface area (Å²) in [5.74, 6) is 0.747. The fraction of sp³-hybridized carbons (Fsp3) is 0.267. The Morgan fingerprint density at radius 3 is 2.63 bits per heavy atom. The molecule has 2 aromatic heterocycles. The normalized spacial score (nSPS) is 9.95. The van der Waals surface area contributed by atoms with E-state index in [2.05, 4.69) is 16.0 Å². The second-order valence-corrected chi connectivity index (χ2v) is 4.46. The molecule has 0 saturated heterocycles. The lowest BCUT2D eigenvalue weighted by Crippen LogP contribution is -2.22. The lowest BCUT2D eigenvalue weighted by molar-refractivity contribution is 0.853. The smallest absolute Gasteiger partial charge is 0.146 e. The van der Waals surface area contributed by atoms with E-state index in [1.165, 1.54) is 5.56 Å². The van der Waals surface area contributed by atoms with Crippen molar-refractivity contribution in [1.29, 1.82) is 5.26 Å². The first-order valence-electron chi connectivity index (χ1n) is 6.18. The van der Waals surface area contributed by atoms with E-state index in [0.717, 1.165) is 24.5 Å². The summed E-state index contributed by atoms with van der Waals surface area (Å²) in [4.78, 5) is 10.5. The average Bonchev–Trinajstić information content (AvgIpc) is 2.46. The Labute approximate surface area is 113 Å². The van der Waals surface area contributed by atoms with Crippen molar-refractivity contribution in [3.05, 3.63) is 53.5 Å². The van der Waals surface area contributed by atoms with E-state index < -0.39 is 0 Å². The number of anilines is 1. The van der Waals surface area contributed by atoms with Crippen molar-refractivity contribution in [3.63, 3.8) is 0 Å². The van der Waals surface area contributed by atoms with Gasteiger partial charge >= 0.3 is 0 Å². The first kappa shape index (κ1) is 13.0. The highest BCUT2D eigenvalue weighted by atomic mass is 15.2. The van der Waals surface area contributed by atoms with Crippen LogP contribution in [0.15, 0.2) is 36.7 Å². The van der Waals surface area contributed by atoms with Crippen LogP contribution < -0.4 is 4.90 Å². The number of hydrogen-bond acceptors (Lipinski definition) is 4. The number of nitrogens with zero attached hydrogens (tertiary/aromatic N) is 4. The van der Waals surface area contributed by atoms with Gasteiger partial charge in [-0.15, -0.1) is 0 Å². The molecule has 0 atom stereocenters. The zero-order chi connectivity index (χ0) is 13.7. The molecular formula is C15H16N4. The van der Waals surface area contributed by atoms with Crippen LogP contribution in [0.1, 0.15) is 16.8 Å². The summed E-state index contributed by atoms with van der Waals surface area (Å²) < 4.78 is 0. The molecule has 2 rings (SSSR count). The van der Waals surface area contributed by atoms with Gasteiger partial charge in [0.15, 0.2) is 0 Å². The van der Waals surface area contributed by atoms with Crippen molar-refractivity contribution < 1.29 is 0 Å². The van der Waals surface area contributed by atoms with E-state index in [1.54, 1.807) is 12.4 Å². The van der Waals surface area contributed by atoms with Crippen molar-refractivity contribution in [1.82, 2.24) is 9.97 Å². The Balaban J connectivity index is 2.10. The van der Waals surface area contributed by atoms with Gasteiger partial charge in [-0.2, -0.15) is 5.26 Å². The minimum absolute atomic E-state index is 0.614. The predicted octanol–water partition coefficient (Wildman–Crippen LogP) is 2.34. The minimum Gasteiger partial charge on any atom is -0.358 e. The molecule has 0 aromatic carbocycles. The van der Waals surface area contributed by atoms with Gasteiger partial charge in [-0.1, -0.05) is 0 Å². The number of aryl methyl sites for hydroxylation is 1. The van der Waals surface area contributed by atoms with E-state index in [-0.39, 0.29) is 0 Å². The maximum atomic E-state index is 9.12. The Kier molecular flexibility index (Phi) is 4.09. The molecule has 4 nitrogen and oxygen atoms in total. The van der Waals surface area contributed by atoms with Crippen molar-refractivity contribution in [2.24, 2.45) is 0 Å². The fourth-order valence-electron chi connectivity index (χ4n) is 1.87. The van der Waals surface area contributed by atoms with Gasteiger partial charge in [-0.25, -0.2) is 4.98 Å². The Bertz CT molecular complexity index is 587. The van der Waals surface area contributed by atoms with Gasteiger partial charge in [0.25, 0.3) is 0 Å². The van der Waals surface area contributed by atoms with Gasteiger partial charge in [-0.3, -0.25) is 4.98 Å². The number of hydrogen-bond donors (Lipinski definition) is 0. The summed E-state index contributed by atoms with van der Waals surface area (Å²) in [6.45, 7) is 2.75. The van der Waals surface area contributed by atoms with Gasteiger partial charge in [-0.05, 0) is 43.2 Å². The largest absolute Gasteiger partial charge is 0.358 e. The molecule has 0 bridgehead atoms. The highest BCUT2D eigenvalue weighted by molar-refractivity contribution is 5.53. The minimum atomic E-state index is 0.614. The molecule has 0 amide bonds. The zero-order valence-electron chi connectivity index (χ0n) is 11.2. The molecule has 0 aliphatic heterocycles. The maximum Gasteiger partial charge on any atom is 0.146 e. The quantitative estimate of drug-likeness (QED) is 0.838. The molecule has 4 heteroatoms. The summed E-state index contributed by atoms with van der Waals surface area (Å²) in [6, 6.07) is 9.87. The summed E-state index contributed by atoms with van der Waals surface area (Å²) in [7, 11) is 1.96. The van der Waals surface area contributed by atoms with Gasteiger partial charge in [0, 0.05) is 31.7 Å². The summed E-state index contributed by atoms with van der Waals surface area (Å²) >= 11 is 0. The number of pyridine rings is 2. The van der Waals surface area contributed by atoms with Crippen LogP contribution >= 0.6 is 0 Å². The van der Waals surface area contributed by atoms with E-state index in [9.17, 15) is 0 Å². The number of rotatable bonds is 4. The second kappa shape index (κ2) is 5.96. The van der Waals surface area contributed by atoms with Crippen LogP contribution in [0.2, 0.25) is 0 Å². The standard InChI is InChI=1S/C15H16N4/c1-12-3-4-14(11-16)15(18-12)19(2)10-7-13-5-8-17-9-6-13/h3-6,8-9H,7,10H2,1-2H3. The van der Waals surface area contributed by atoms with Crippen LogP contribution in [0.3, 0.4) is 0 Å². The van der Waals surface area contributed by atoms with Crippen LogP contribution in [0.25, 0.3) is 0 Å². The zero-order valence-corrected chi connectivity index (χ0v) is 11.2. The van der Waals surface area contributed by atoms with Gasteiger partial charge in [0.05, 0.1) is 5.56 Å². The Hall–Kier alpha value is -2.41. The molecule has 0 unspecified atom stereocenters. The predicted molar refractivity (Wildman–Crippen MR) is 74.9 cm³/mol. The van der Waals surface area contributed by atoms with E-state index in [1.807, 2.05) is 43.1 Å². The molecule has 0 fully saturated rings. The van der Waals surface area contributed by atoms with Gasteiger partial charge in [0.2, 0.25) is 0 Å². The second-order valence-electron chi connectivity index (χ2n) is 4.46. The lowest BCUT2D eigenvalue weighted by atomic mass is 10.2. The third-order valence-corrected chi connectivity index (χ3v) is 2.98. The molecule has 2 heterocycles. The topological polar surface area (TPSA) is 52.8 Å². The van der Waals surface area contributed by atoms with Gasteiger partial charge < -0.3 is 4.90 Å². The SMILES string of the molecule is Cc1ccc(C#N)c(N(C)CCc2ccncc2)n1. The molecule has 0 radical (unpaired) electrons. The summed E-state index contributed by atoms with van der Waals surface area (Å²) in [6.07, 6.45) is 4.49. The van der Waals surface area contributed by atoms with Crippen molar-refractivity contribution in [3.8, 4) is 6.07 Å². The summed E-state index contributed by atoms with van der Waals surface area (Å²) in [5, 5.41) is 9.12. The van der Waals surface area contributed by atoms with E-state index >= 15 is 0 Å². The number of likely N-dealkylation sites (N-methyl/N-ethyl adjacent to an activating group) is 1. The van der Waals surface area contributed by atoms with Crippen molar-refractivity contribution >= 4 is 5.82 Å². The molecule has 0 aliphatic carbocycles. The van der Waals surface area contributed by atoms with Crippen molar-refractivity contribution in [2.45, 2.75) is 13.3 Å². The number of nitriles is 1. The molecule has 0 spiro atoms. The Morgan fingerprint density at radius 1 is 1.21 bits per heavy atom. The molecule has 19 heavy (non-hydrogen) atoms. The third-order valence-electron chi connectivity index (χ3n) is 2.98. The third kappa shape index (κ3) is 3.29. The molecule has 2 aromatic rings. The first-order chi connectivity index (χ1) is 9.20. The van der Waals surface area contributed by atoms with Gasteiger partial charge in [0.1, 0.15) is 11.9 Å². The van der Waals surface area contributed by atoms with Crippen LogP contribution in [0.5, 0.6) is 0 Å². The van der Waals surface area contributed by atoms with E-state index in [0.29, 0.717) is 5.56 Å². The van der Waals surface area contributed by atoms with Crippen LogP contribution in [-0.4, -0.2) is 23.6 Å². The van der Waals surface area contributed by atoms with Crippen LogP contribution in [-0.2, 0) is 6.42 Å². The fourth-order valence-corrected chi connectivity index (χ4v) is 1.87. The van der Waals surface area contributed by atoms with Crippen LogP contribution in [0.4, 0.5) is 5.82 Å². The monoisotopic (exact) mass is 252 g/mol. The molecular weight excluding hydrogens is 236 g/mol. The first-order valence-corrected chi connectivity index (χ1v) is 6.18. The van der Waals surface area contributed by atoms with Crippen LogP contribution in [0, 0.1) is 18.3 Å². The molecule has 0 N–H and O–H groups in total. The highest BCUT2D eigenvalue weighted by Gasteiger charge is 2.09. The molecule has 0 aliphatic rings. The lowest BCUT2D eigenvalue weighted by Gasteiger charge is -2.19. The molecule has 96 valence electrons. The summed E-state index contributed by atoms with van der Waals surface area (Å²) in [5.41, 5.74) is 2.76.